The van der Waals surface area contributed by atoms with Gasteiger partial charge in [-0.2, -0.15) is 15.0 Å². The number of hydrogen-bond donors (Lipinski definition) is 1. The highest BCUT2D eigenvalue weighted by Gasteiger charge is 2.13. The van der Waals surface area contributed by atoms with Crippen molar-refractivity contribution in [2.45, 2.75) is 6.54 Å². The Morgan fingerprint density at radius 2 is 1.78 bits per heavy atom. The molecule has 0 saturated carbocycles. The van der Waals surface area contributed by atoms with Crippen LogP contribution in [0.3, 0.4) is 0 Å². The maximum absolute atomic E-state index is 4.17. The van der Waals surface area contributed by atoms with E-state index in [0.717, 1.165) is 32.7 Å². The molecule has 0 atom stereocenters. The number of para-hydroxylation sites is 1. The number of rotatable bonds is 3. The molecule has 2 aromatic rings. The molecule has 5 nitrogen and oxygen atoms in total. The van der Waals surface area contributed by atoms with Gasteiger partial charge in [0.25, 0.3) is 0 Å². The largest absolute Gasteiger partial charge is 0.369 e. The Hall–Kier alpha value is -1.88. The molecule has 3 rings (SSSR count). The minimum Gasteiger partial charge on any atom is -0.369 e. The highest BCUT2D eigenvalue weighted by molar-refractivity contribution is 5.54. The fourth-order valence-corrected chi connectivity index (χ4v) is 2.34. The van der Waals surface area contributed by atoms with E-state index >= 15 is 0 Å². The first-order valence-electron chi connectivity index (χ1n) is 6.31. The summed E-state index contributed by atoms with van der Waals surface area (Å²) in [4.78, 5) is 4.15. The lowest BCUT2D eigenvalue weighted by molar-refractivity contribution is 0.572. The van der Waals surface area contributed by atoms with Gasteiger partial charge in [-0.25, -0.2) is 0 Å². The van der Waals surface area contributed by atoms with Gasteiger partial charge in [-0.05, 0) is 11.6 Å². The predicted molar refractivity (Wildman–Crippen MR) is 70.6 cm³/mol. The average Bonchev–Trinajstić information content (AvgIpc) is 2.93. The average molecular weight is 243 g/mol. The van der Waals surface area contributed by atoms with Crippen molar-refractivity contribution in [2.24, 2.45) is 0 Å². The van der Waals surface area contributed by atoms with Crippen LogP contribution in [0.25, 0.3) is 0 Å². The highest BCUT2D eigenvalue weighted by Crippen LogP contribution is 2.21. The molecule has 94 valence electrons. The minimum absolute atomic E-state index is 0.729. The molecule has 1 aromatic heterocycles. The SMILES string of the molecule is c1ccc(N2CCNCC2)c(Cn2nccn2)c1. The van der Waals surface area contributed by atoms with Crippen LogP contribution in [0.1, 0.15) is 5.56 Å². The van der Waals surface area contributed by atoms with Crippen LogP contribution in [-0.4, -0.2) is 41.2 Å². The Morgan fingerprint density at radius 1 is 1.06 bits per heavy atom. The van der Waals surface area contributed by atoms with E-state index in [2.05, 4.69) is 44.7 Å². The Labute approximate surface area is 106 Å². The molecule has 2 heterocycles. The van der Waals surface area contributed by atoms with E-state index in [1.165, 1.54) is 11.3 Å². The van der Waals surface area contributed by atoms with Crippen molar-refractivity contribution in [2.75, 3.05) is 31.1 Å². The third-order valence-corrected chi connectivity index (χ3v) is 3.23. The molecule has 1 aliphatic rings. The smallest absolute Gasteiger partial charge is 0.0877 e. The van der Waals surface area contributed by atoms with Gasteiger partial charge >= 0.3 is 0 Å². The molecule has 0 radical (unpaired) electrons. The van der Waals surface area contributed by atoms with Gasteiger partial charge in [-0.1, -0.05) is 18.2 Å². The molecule has 1 aliphatic heterocycles. The lowest BCUT2D eigenvalue weighted by atomic mass is 10.1. The van der Waals surface area contributed by atoms with Gasteiger partial charge < -0.3 is 10.2 Å². The molecule has 1 saturated heterocycles. The van der Waals surface area contributed by atoms with Gasteiger partial charge in [0.05, 0.1) is 18.9 Å². The lowest BCUT2D eigenvalue weighted by Gasteiger charge is -2.31. The monoisotopic (exact) mass is 243 g/mol. The Balaban J connectivity index is 1.84. The molecular weight excluding hydrogens is 226 g/mol. The van der Waals surface area contributed by atoms with E-state index in [0.29, 0.717) is 0 Å². The van der Waals surface area contributed by atoms with E-state index in [9.17, 15) is 0 Å². The van der Waals surface area contributed by atoms with Crippen LogP contribution in [0.2, 0.25) is 0 Å². The summed E-state index contributed by atoms with van der Waals surface area (Å²) in [6.07, 6.45) is 3.43. The van der Waals surface area contributed by atoms with Crippen molar-refractivity contribution >= 4 is 5.69 Å². The summed E-state index contributed by atoms with van der Waals surface area (Å²) in [5, 5.41) is 11.7. The number of benzene rings is 1. The zero-order chi connectivity index (χ0) is 12.2. The second-order valence-corrected chi connectivity index (χ2v) is 4.43. The Morgan fingerprint density at radius 3 is 2.56 bits per heavy atom. The Kier molecular flexibility index (Phi) is 3.23. The first kappa shape index (κ1) is 11.2. The first-order valence-corrected chi connectivity index (χ1v) is 6.31. The molecule has 0 bridgehead atoms. The van der Waals surface area contributed by atoms with Crippen LogP contribution in [0.15, 0.2) is 36.7 Å². The molecule has 5 heteroatoms. The molecule has 1 aromatic carbocycles. The van der Waals surface area contributed by atoms with Crippen LogP contribution in [0, 0.1) is 0 Å². The molecule has 18 heavy (non-hydrogen) atoms. The highest BCUT2D eigenvalue weighted by atomic mass is 15.5. The number of nitrogens with zero attached hydrogens (tertiary/aromatic N) is 4. The summed E-state index contributed by atoms with van der Waals surface area (Å²) in [5.41, 5.74) is 2.58. The standard InChI is InChI=1S/C13H17N5/c1-2-4-13(17-9-7-14-8-10-17)12(3-1)11-18-15-5-6-16-18/h1-6,14H,7-11H2. The fourth-order valence-electron chi connectivity index (χ4n) is 2.34. The van der Waals surface area contributed by atoms with E-state index in [-0.39, 0.29) is 0 Å². The summed E-state index contributed by atoms with van der Waals surface area (Å²) in [6.45, 7) is 4.95. The van der Waals surface area contributed by atoms with Gasteiger partial charge in [0.1, 0.15) is 0 Å². The summed E-state index contributed by atoms with van der Waals surface area (Å²) < 4.78 is 0. The van der Waals surface area contributed by atoms with Crippen molar-refractivity contribution in [1.29, 1.82) is 0 Å². The van der Waals surface area contributed by atoms with Crippen molar-refractivity contribution in [3.05, 3.63) is 42.2 Å². The van der Waals surface area contributed by atoms with Crippen molar-refractivity contribution in [1.82, 2.24) is 20.3 Å². The summed E-state index contributed by atoms with van der Waals surface area (Å²) in [6, 6.07) is 8.51. The van der Waals surface area contributed by atoms with Crippen molar-refractivity contribution in [3.63, 3.8) is 0 Å². The van der Waals surface area contributed by atoms with Crippen LogP contribution >= 0.6 is 0 Å². The van der Waals surface area contributed by atoms with E-state index < -0.39 is 0 Å². The molecule has 1 N–H and O–H groups in total. The van der Waals surface area contributed by atoms with Crippen molar-refractivity contribution < 1.29 is 0 Å². The second kappa shape index (κ2) is 5.18. The maximum atomic E-state index is 4.17. The first-order chi connectivity index (χ1) is 8.93. The second-order valence-electron chi connectivity index (χ2n) is 4.43. The summed E-state index contributed by atoms with van der Waals surface area (Å²) >= 11 is 0. The lowest BCUT2D eigenvalue weighted by Crippen LogP contribution is -2.43. The number of aromatic nitrogens is 3. The number of nitrogens with one attached hydrogen (secondary N) is 1. The number of anilines is 1. The Bertz CT molecular complexity index is 488. The van der Waals surface area contributed by atoms with Gasteiger partial charge in [0, 0.05) is 31.9 Å². The van der Waals surface area contributed by atoms with E-state index in [1.807, 2.05) is 0 Å². The van der Waals surface area contributed by atoms with Crippen LogP contribution in [0.4, 0.5) is 5.69 Å². The molecule has 0 spiro atoms. The number of piperazine rings is 1. The fraction of sp³-hybridized carbons (Fsp3) is 0.385. The maximum Gasteiger partial charge on any atom is 0.0877 e. The van der Waals surface area contributed by atoms with Gasteiger partial charge in [0.15, 0.2) is 0 Å². The quantitative estimate of drug-likeness (QED) is 0.863. The zero-order valence-corrected chi connectivity index (χ0v) is 10.3. The van der Waals surface area contributed by atoms with Gasteiger partial charge in [-0.3, -0.25) is 0 Å². The molecule has 1 fully saturated rings. The van der Waals surface area contributed by atoms with E-state index in [4.69, 9.17) is 0 Å². The van der Waals surface area contributed by atoms with Gasteiger partial charge in [-0.15, -0.1) is 0 Å². The molecular formula is C13H17N5. The third kappa shape index (κ3) is 2.36. The zero-order valence-electron chi connectivity index (χ0n) is 10.3. The van der Waals surface area contributed by atoms with Crippen LogP contribution in [0.5, 0.6) is 0 Å². The van der Waals surface area contributed by atoms with E-state index in [1.54, 1.807) is 17.2 Å². The van der Waals surface area contributed by atoms with Crippen LogP contribution < -0.4 is 10.2 Å². The predicted octanol–water partition coefficient (Wildman–Crippen LogP) is 0.736. The molecule has 0 aliphatic carbocycles. The minimum atomic E-state index is 0.729. The van der Waals surface area contributed by atoms with Crippen LogP contribution in [-0.2, 0) is 6.54 Å². The molecule has 0 amide bonds. The number of hydrogen-bond acceptors (Lipinski definition) is 4. The summed E-state index contributed by atoms with van der Waals surface area (Å²) in [5.74, 6) is 0. The van der Waals surface area contributed by atoms with Gasteiger partial charge in [0.2, 0.25) is 0 Å². The summed E-state index contributed by atoms with van der Waals surface area (Å²) in [7, 11) is 0. The molecule has 0 unspecified atom stereocenters. The topological polar surface area (TPSA) is 46.0 Å². The van der Waals surface area contributed by atoms with Crippen molar-refractivity contribution in [3.8, 4) is 0 Å². The normalized spacial score (nSPS) is 15.9. The third-order valence-electron chi connectivity index (χ3n) is 3.23.